The number of thioether (sulfide) groups is 1. The SMILES string of the molecule is C1#CC[Se]CC#CCSC1. The molecule has 52 valence electrons. The first-order valence-corrected chi connectivity index (χ1v) is 6.65. The molecule has 0 saturated heterocycles. The molecule has 0 aromatic carbocycles. The Labute approximate surface area is 72.7 Å². The summed E-state index contributed by atoms with van der Waals surface area (Å²) in [6, 6.07) is 0. The minimum atomic E-state index is 0.655. The summed E-state index contributed by atoms with van der Waals surface area (Å²) < 4.78 is 0. The Morgan fingerprint density at radius 1 is 0.900 bits per heavy atom. The second-order valence-electron chi connectivity index (χ2n) is 1.69. The predicted octanol–water partition coefficient (Wildman–Crippen LogP) is 1.28. The van der Waals surface area contributed by atoms with Gasteiger partial charge in [0, 0.05) is 0 Å². The van der Waals surface area contributed by atoms with Gasteiger partial charge in [0.1, 0.15) is 0 Å². The Hall–Kier alpha value is -0.0105. The van der Waals surface area contributed by atoms with E-state index in [2.05, 4.69) is 23.7 Å². The molecule has 0 amide bonds. The van der Waals surface area contributed by atoms with Crippen molar-refractivity contribution in [2.45, 2.75) is 10.6 Å². The standard InChI is InChI=1S/C8H8SSe/c1-3-7-10-8-4-2-6-9-5-1/h5-8H2. The Morgan fingerprint density at radius 2 is 1.50 bits per heavy atom. The van der Waals surface area contributed by atoms with Crippen LogP contribution in [0, 0.1) is 23.7 Å². The van der Waals surface area contributed by atoms with Gasteiger partial charge in [0.25, 0.3) is 0 Å². The van der Waals surface area contributed by atoms with E-state index in [1.807, 2.05) is 11.8 Å². The van der Waals surface area contributed by atoms with Crippen molar-refractivity contribution in [2.24, 2.45) is 0 Å². The van der Waals surface area contributed by atoms with E-state index >= 15 is 0 Å². The molecule has 0 fully saturated rings. The number of hydrogen-bond donors (Lipinski definition) is 0. The third-order valence-corrected chi connectivity index (χ3v) is 3.11. The molecule has 0 aromatic rings. The molecule has 2 heteroatoms. The Bertz CT molecular complexity index is 161. The molecular weight excluding hydrogens is 207 g/mol. The third kappa shape index (κ3) is 3.91. The van der Waals surface area contributed by atoms with Crippen LogP contribution in [0.2, 0.25) is 10.6 Å². The van der Waals surface area contributed by atoms with Crippen molar-refractivity contribution in [1.29, 1.82) is 0 Å². The van der Waals surface area contributed by atoms with Crippen molar-refractivity contribution >= 4 is 26.7 Å². The number of hydrogen-bond acceptors (Lipinski definition) is 1. The topological polar surface area (TPSA) is 0 Å². The van der Waals surface area contributed by atoms with Gasteiger partial charge in [-0.25, -0.2) is 0 Å². The van der Waals surface area contributed by atoms with Crippen LogP contribution in [0.1, 0.15) is 0 Å². The van der Waals surface area contributed by atoms with Crippen molar-refractivity contribution in [3.05, 3.63) is 0 Å². The van der Waals surface area contributed by atoms with E-state index < -0.39 is 0 Å². The zero-order valence-electron chi connectivity index (χ0n) is 5.64. The zero-order valence-corrected chi connectivity index (χ0v) is 8.17. The summed E-state index contributed by atoms with van der Waals surface area (Å²) in [4.78, 5) is 0. The first-order valence-electron chi connectivity index (χ1n) is 3.07. The molecule has 1 heterocycles. The van der Waals surface area contributed by atoms with Crippen molar-refractivity contribution < 1.29 is 0 Å². The summed E-state index contributed by atoms with van der Waals surface area (Å²) in [6.07, 6.45) is 0. The minimum absolute atomic E-state index is 0.655. The van der Waals surface area contributed by atoms with Gasteiger partial charge in [-0.3, -0.25) is 0 Å². The van der Waals surface area contributed by atoms with Gasteiger partial charge in [-0.1, -0.05) is 0 Å². The molecule has 0 aromatic heterocycles. The predicted molar refractivity (Wildman–Crippen MR) is 48.2 cm³/mol. The molecule has 0 radical (unpaired) electrons. The fraction of sp³-hybridized carbons (Fsp3) is 0.500. The van der Waals surface area contributed by atoms with E-state index in [1.54, 1.807) is 0 Å². The second kappa shape index (κ2) is 5.75. The van der Waals surface area contributed by atoms with E-state index in [0.717, 1.165) is 22.1 Å². The van der Waals surface area contributed by atoms with Crippen LogP contribution in [0.25, 0.3) is 0 Å². The summed E-state index contributed by atoms with van der Waals surface area (Å²) >= 11 is 2.47. The van der Waals surface area contributed by atoms with E-state index in [0.29, 0.717) is 15.0 Å². The Kier molecular flexibility index (Phi) is 4.65. The Morgan fingerprint density at radius 3 is 2.10 bits per heavy atom. The summed E-state index contributed by atoms with van der Waals surface area (Å²) in [5.74, 6) is 14.4. The molecule has 1 aliphatic rings. The first kappa shape index (κ1) is 8.09. The molecule has 0 atom stereocenters. The van der Waals surface area contributed by atoms with Gasteiger partial charge in [-0.2, -0.15) is 0 Å². The van der Waals surface area contributed by atoms with E-state index in [4.69, 9.17) is 0 Å². The van der Waals surface area contributed by atoms with Crippen molar-refractivity contribution in [2.75, 3.05) is 11.5 Å². The van der Waals surface area contributed by atoms with Crippen LogP contribution in [0.4, 0.5) is 0 Å². The fourth-order valence-electron chi connectivity index (χ4n) is 0.510. The quantitative estimate of drug-likeness (QED) is 0.433. The molecule has 0 bridgehead atoms. The average molecular weight is 215 g/mol. The molecule has 0 N–H and O–H groups in total. The van der Waals surface area contributed by atoms with E-state index in [1.165, 1.54) is 0 Å². The molecule has 0 aliphatic carbocycles. The summed E-state index contributed by atoms with van der Waals surface area (Å²) in [7, 11) is 0. The van der Waals surface area contributed by atoms with Crippen LogP contribution < -0.4 is 0 Å². The van der Waals surface area contributed by atoms with Crippen LogP contribution in [0.5, 0.6) is 0 Å². The Balaban J connectivity index is 2.31. The first-order chi connectivity index (χ1) is 5.00. The van der Waals surface area contributed by atoms with Gasteiger partial charge in [-0.05, 0) is 0 Å². The van der Waals surface area contributed by atoms with Crippen LogP contribution in [0.15, 0.2) is 0 Å². The van der Waals surface area contributed by atoms with Crippen LogP contribution >= 0.6 is 11.8 Å². The van der Waals surface area contributed by atoms with Gasteiger partial charge in [-0.15, -0.1) is 0 Å². The third-order valence-electron chi connectivity index (χ3n) is 0.947. The molecule has 1 aliphatic heterocycles. The average Bonchev–Trinajstić information content (AvgIpc) is 2.01. The molecular formula is C8H8SSe. The van der Waals surface area contributed by atoms with Crippen LogP contribution in [0.3, 0.4) is 0 Å². The molecule has 1 rings (SSSR count). The molecule has 0 saturated carbocycles. The number of rotatable bonds is 0. The summed E-state index contributed by atoms with van der Waals surface area (Å²) in [5.41, 5.74) is 0. The molecule has 0 nitrogen and oxygen atoms in total. The zero-order chi connectivity index (χ0) is 7.07. The maximum atomic E-state index is 3.14. The van der Waals surface area contributed by atoms with Crippen LogP contribution in [-0.2, 0) is 0 Å². The van der Waals surface area contributed by atoms with E-state index in [-0.39, 0.29) is 0 Å². The summed E-state index contributed by atoms with van der Waals surface area (Å²) in [6.45, 7) is 0. The second-order valence-corrected chi connectivity index (χ2v) is 4.75. The molecule has 0 unspecified atom stereocenters. The van der Waals surface area contributed by atoms with Crippen LogP contribution in [-0.4, -0.2) is 26.5 Å². The molecule has 0 spiro atoms. The van der Waals surface area contributed by atoms with Gasteiger partial charge in [0.2, 0.25) is 0 Å². The van der Waals surface area contributed by atoms with E-state index in [9.17, 15) is 0 Å². The van der Waals surface area contributed by atoms with Gasteiger partial charge in [0.05, 0.1) is 0 Å². The fourth-order valence-corrected chi connectivity index (χ4v) is 2.09. The van der Waals surface area contributed by atoms with Crippen molar-refractivity contribution in [3.63, 3.8) is 0 Å². The normalized spacial score (nSPS) is 17.6. The van der Waals surface area contributed by atoms with Gasteiger partial charge >= 0.3 is 72.5 Å². The monoisotopic (exact) mass is 216 g/mol. The van der Waals surface area contributed by atoms with Gasteiger partial charge < -0.3 is 0 Å². The summed E-state index contributed by atoms with van der Waals surface area (Å²) in [5, 5.41) is 2.17. The maximum absolute atomic E-state index is 3.14. The van der Waals surface area contributed by atoms with Crippen molar-refractivity contribution in [1.82, 2.24) is 0 Å². The van der Waals surface area contributed by atoms with Crippen molar-refractivity contribution in [3.8, 4) is 23.7 Å². The van der Waals surface area contributed by atoms with Gasteiger partial charge in [0.15, 0.2) is 0 Å². The molecule has 10 heavy (non-hydrogen) atoms.